The number of imide groups is 1. The average Bonchev–Trinajstić information content (AvgIpc) is 3.46. The van der Waals surface area contributed by atoms with E-state index in [1.54, 1.807) is 24.3 Å². The number of amides is 2. The van der Waals surface area contributed by atoms with Gasteiger partial charge in [0, 0.05) is 5.69 Å². The molecule has 1 aliphatic rings. The molecule has 0 saturated carbocycles. The van der Waals surface area contributed by atoms with Crippen LogP contribution in [0, 0.1) is 17.6 Å². The smallest absolute Gasteiger partial charge is 0.417 e. The van der Waals surface area contributed by atoms with E-state index < -0.39 is 58.6 Å². The van der Waals surface area contributed by atoms with Crippen LogP contribution >= 0.6 is 15.9 Å². The second-order valence-corrected chi connectivity index (χ2v) is 24.4. The van der Waals surface area contributed by atoms with E-state index in [0.29, 0.717) is 12.1 Å². The molecule has 1 saturated heterocycles. The summed E-state index contributed by atoms with van der Waals surface area (Å²) in [6.45, 7) is 12.6. The summed E-state index contributed by atoms with van der Waals surface area (Å²) in [6.07, 6.45) is -0.470. The highest BCUT2D eigenvalue weighted by Gasteiger charge is 2.44. The molecule has 0 unspecified atom stereocenters. The normalized spacial score (nSPS) is 16.7. The Morgan fingerprint density at radius 1 is 0.882 bits per heavy atom. The van der Waals surface area contributed by atoms with Gasteiger partial charge in [-0.3, -0.25) is 4.79 Å². The summed E-state index contributed by atoms with van der Waals surface area (Å²) < 4.78 is 47.0. The fraction of sp³-hybridized carbons (Fsp3) is 0.333. The third-order valence-electron chi connectivity index (χ3n) is 8.40. The molecule has 0 spiro atoms. The van der Waals surface area contributed by atoms with Crippen molar-refractivity contribution in [2.24, 2.45) is 5.92 Å². The molecular formula is C39H45BrF2N2O5Si2. The maximum absolute atomic E-state index is 15.0. The van der Waals surface area contributed by atoms with Gasteiger partial charge in [-0.05, 0) is 127 Å². The number of nitrogens with zero attached hydrogens (tertiary/aromatic N) is 1. The Bertz CT molecular complexity index is 1800. The van der Waals surface area contributed by atoms with Gasteiger partial charge in [0.25, 0.3) is 0 Å². The number of carbonyl (C=O) groups excluding carboxylic acids is 2. The molecule has 12 heteroatoms. The van der Waals surface area contributed by atoms with Gasteiger partial charge in [-0.25, -0.2) is 18.5 Å². The van der Waals surface area contributed by atoms with Crippen LogP contribution < -0.4 is 9.74 Å². The number of nitrogens with one attached hydrogen (secondary N) is 1. The number of anilines is 1. The van der Waals surface area contributed by atoms with Gasteiger partial charge in [-0.1, -0.05) is 54.6 Å². The van der Waals surface area contributed by atoms with Gasteiger partial charge >= 0.3 is 6.09 Å². The largest absolute Gasteiger partial charge is 0.544 e. The first-order chi connectivity index (χ1) is 24.1. The van der Waals surface area contributed by atoms with Crippen molar-refractivity contribution in [3.8, 4) is 5.75 Å². The zero-order chi connectivity index (χ0) is 36.9. The third kappa shape index (κ3) is 10.4. The highest BCUT2D eigenvalue weighted by Crippen LogP contribution is 2.40. The number of benzene rings is 4. The molecule has 51 heavy (non-hydrogen) atoms. The Hall–Kier alpha value is -3.85. The van der Waals surface area contributed by atoms with Gasteiger partial charge in [-0.15, -0.1) is 0 Å². The van der Waals surface area contributed by atoms with E-state index in [1.165, 1.54) is 23.1 Å². The minimum Gasteiger partial charge on any atom is -0.544 e. The number of cyclic esters (lactones) is 1. The molecule has 7 nitrogen and oxygen atoms in total. The molecule has 4 aromatic rings. The third-order valence-corrected chi connectivity index (χ3v) is 10.8. The van der Waals surface area contributed by atoms with Crippen molar-refractivity contribution < 1.29 is 32.0 Å². The summed E-state index contributed by atoms with van der Waals surface area (Å²) in [5.74, 6) is -1.31. The van der Waals surface area contributed by atoms with Crippen molar-refractivity contribution in [3.63, 3.8) is 0 Å². The van der Waals surface area contributed by atoms with Crippen LogP contribution in [-0.2, 0) is 14.0 Å². The highest BCUT2D eigenvalue weighted by atomic mass is 79.9. The van der Waals surface area contributed by atoms with Crippen molar-refractivity contribution >= 4 is 50.3 Å². The van der Waals surface area contributed by atoms with Crippen LogP contribution in [-0.4, -0.2) is 40.1 Å². The Morgan fingerprint density at radius 2 is 1.53 bits per heavy atom. The monoisotopic (exact) mass is 794 g/mol. The lowest BCUT2D eigenvalue weighted by Gasteiger charge is -2.34. The predicted molar refractivity (Wildman–Crippen MR) is 205 cm³/mol. The van der Waals surface area contributed by atoms with Gasteiger partial charge < -0.3 is 18.9 Å². The summed E-state index contributed by atoms with van der Waals surface area (Å²) >= 11 is 3.30. The molecule has 4 aromatic carbocycles. The number of rotatable bonds is 14. The van der Waals surface area contributed by atoms with E-state index in [1.807, 2.05) is 54.6 Å². The van der Waals surface area contributed by atoms with Gasteiger partial charge in [0.2, 0.25) is 14.2 Å². The topological polar surface area (TPSA) is 77.1 Å². The number of carbonyl (C=O) groups is 2. The SMILES string of the molecule is C[Si](C)(C)Oc1ccc([C@@H](Nc2ccc(F)c(Br)c2)[C@@H](CC[C@@H](O[Si](C)(C)C)c2ccc(F)cc2)C(=O)N2C(=O)OC[C@H]2c2ccccc2)cc1. The Kier molecular flexibility index (Phi) is 12.2. The predicted octanol–water partition coefficient (Wildman–Crippen LogP) is 10.8. The van der Waals surface area contributed by atoms with Crippen LogP contribution in [0.2, 0.25) is 39.3 Å². The lowest BCUT2D eigenvalue weighted by molar-refractivity contribution is -0.134. The van der Waals surface area contributed by atoms with E-state index in [-0.39, 0.29) is 23.3 Å². The van der Waals surface area contributed by atoms with Crippen LogP contribution in [0.4, 0.5) is 19.3 Å². The molecule has 270 valence electrons. The quantitative estimate of drug-likeness (QED) is 0.128. The average molecular weight is 796 g/mol. The van der Waals surface area contributed by atoms with Gasteiger partial charge in [-0.2, -0.15) is 0 Å². The molecule has 4 atom stereocenters. The summed E-state index contributed by atoms with van der Waals surface area (Å²) in [6, 6.07) is 26.5. The number of ether oxygens (including phenoxy) is 1. The Morgan fingerprint density at radius 3 is 2.14 bits per heavy atom. The van der Waals surface area contributed by atoms with E-state index in [0.717, 1.165) is 22.4 Å². The number of halogens is 3. The first kappa shape index (κ1) is 38.4. The maximum Gasteiger partial charge on any atom is 0.417 e. The maximum atomic E-state index is 15.0. The standard InChI is InChI=1S/C39H45BrF2N2O5Si2/c1-50(2,3)48-31-19-14-28(15-20-31)37(43-30-18-22-34(42)33(40)24-30)32(21-23-36(49-51(4,5)6)27-12-16-29(41)17-13-27)38(45)44-35(25-47-39(44)46)26-10-8-7-9-11-26/h7-20,22,24,32,35-37,43H,21,23,25H2,1-6H3/t32-,35+,36-,37-/m1/s1. The van der Waals surface area contributed by atoms with Crippen molar-refractivity contribution in [1.82, 2.24) is 4.90 Å². The van der Waals surface area contributed by atoms with Gasteiger partial charge in [0.05, 0.1) is 22.5 Å². The summed E-state index contributed by atoms with van der Waals surface area (Å²) in [7, 11) is -4.03. The molecule has 1 aliphatic heterocycles. The van der Waals surface area contributed by atoms with Crippen molar-refractivity contribution in [3.05, 3.63) is 130 Å². The lowest BCUT2D eigenvalue weighted by atomic mass is 9.85. The van der Waals surface area contributed by atoms with E-state index >= 15 is 4.79 Å². The molecule has 1 heterocycles. The second-order valence-electron chi connectivity index (χ2n) is 14.7. The minimum absolute atomic E-state index is 0.0317. The number of hydrogen-bond acceptors (Lipinski definition) is 6. The Labute approximate surface area is 309 Å². The molecule has 0 radical (unpaired) electrons. The molecular weight excluding hydrogens is 751 g/mol. The fourth-order valence-corrected chi connectivity index (χ4v) is 8.53. The molecule has 0 aromatic heterocycles. The zero-order valence-corrected chi connectivity index (χ0v) is 33.4. The minimum atomic E-state index is -2.13. The van der Waals surface area contributed by atoms with E-state index in [2.05, 4.69) is 60.5 Å². The van der Waals surface area contributed by atoms with Gasteiger partial charge in [0.15, 0.2) is 8.32 Å². The molecule has 1 N–H and O–H groups in total. The van der Waals surface area contributed by atoms with Crippen molar-refractivity contribution in [1.29, 1.82) is 0 Å². The van der Waals surface area contributed by atoms with Gasteiger partial charge in [0.1, 0.15) is 30.0 Å². The molecule has 1 fully saturated rings. The first-order valence-electron chi connectivity index (χ1n) is 17.1. The molecule has 0 bridgehead atoms. The van der Waals surface area contributed by atoms with Crippen molar-refractivity contribution in [2.45, 2.75) is 70.3 Å². The van der Waals surface area contributed by atoms with Crippen molar-refractivity contribution in [2.75, 3.05) is 11.9 Å². The van der Waals surface area contributed by atoms with Crippen LogP contribution in [0.15, 0.2) is 102 Å². The van der Waals surface area contributed by atoms with E-state index in [4.69, 9.17) is 13.6 Å². The van der Waals surface area contributed by atoms with Crippen LogP contribution in [0.5, 0.6) is 5.75 Å². The molecule has 2 amide bonds. The summed E-state index contributed by atoms with van der Waals surface area (Å²) in [5.41, 5.74) is 2.92. The second kappa shape index (κ2) is 16.2. The lowest BCUT2D eigenvalue weighted by Crippen LogP contribution is -2.42. The van der Waals surface area contributed by atoms with Crippen LogP contribution in [0.25, 0.3) is 0 Å². The summed E-state index contributed by atoms with van der Waals surface area (Å²) in [4.78, 5) is 29.6. The number of hydrogen-bond donors (Lipinski definition) is 1. The first-order valence-corrected chi connectivity index (χ1v) is 24.7. The Balaban J connectivity index is 1.60. The van der Waals surface area contributed by atoms with E-state index in [9.17, 15) is 13.6 Å². The zero-order valence-electron chi connectivity index (χ0n) is 29.8. The molecule has 0 aliphatic carbocycles. The van der Waals surface area contributed by atoms with Crippen LogP contribution in [0.1, 0.15) is 47.7 Å². The van der Waals surface area contributed by atoms with Crippen LogP contribution in [0.3, 0.4) is 0 Å². The highest BCUT2D eigenvalue weighted by molar-refractivity contribution is 9.10. The molecule has 5 rings (SSSR count). The fourth-order valence-electron chi connectivity index (χ4n) is 6.20. The summed E-state index contributed by atoms with van der Waals surface area (Å²) in [5, 5.41) is 3.51.